The van der Waals surface area contributed by atoms with E-state index in [1.807, 2.05) is 0 Å². The van der Waals surface area contributed by atoms with E-state index in [9.17, 15) is 14.7 Å². The van der Waals surface area contributed by atoms with Crippen molar-refractivity contribution in [3.63, 3.8) is 0 Å². The van der Waals surface area contributed by atoms with Gasteiger partial charge in [0.15, 0.2) is 0 Å². The van der Waals surface area contributed by atoms with Crippen molar-refractivity contribution in [3.05, 3.63) is 12.2 Å². The van der Waals surface area contributed by atoms with Gasteiger partial charge in [0.1, 0.15) is 5.78 Å². The minimum atomic E-state index is -0.797. The predicted molar refractivity (Wildman–Crippen MR) is 129 cm³/mol. The first-order valence-electron chi connectivity index (χ1n) is 13.7. The van der Waals surface area contributed by atoms with E-state index in [0.29, 0.717) is 29.5 Å². The number of aliphatic carboxylic acids is 1. The third kappa shape index (κ3) is 3.26. The van der Waals surface area contributed by atoms with Crippen LogP contribution < -0.4 is 56.5 Å². The van der Waals surface area contributed by atoms with Crippen LogP contribution in [0.5, 0.6) is 0 Å². The molecule has 5 aliphatic rings. The normalized spacial score (nSPS) is 51.2. The van der Waals surface area contributed by atoms with Crippen molar-refractivity contribution in [2.24, 2.45) is 56.7 Å². The summed E-state index contributed by atoms with van der Waals surface area (Å²) in [6.07, 6.45) is 9.84. The Kier molecular flexibility index (Phi) is 6.90. The summed E-state index contributed by atoms with van der Waals surface area (Å²) in [6.45, 7) is 18.4. The van der Waals surface area contributed by atoms with E-state index < -0.39 is 11.4 Å². The van der Waals surface area contributed by atoms with Crippen LogP contribution in [-0.2, 0) is 9.59 Å². The maximum atomic E-state index is 12.9. The molecule has 5 rings (SSSR count). The summed E-state index contributed by atoms with van der Waals surface area (Å²) in [6, 6.07) is 0. The van der Waals surface area contributed by atoms with Crippen molar-refractivity contribution in [2.75, 3.05) is 0 Å². The number of ketones is 1. The Balaban J connectivity index is 0.00000274. The molecule has 0 N–H and O–H groups in total. The number of carbonyl (C=O) groups is 2. The van der Waals surface area contributed by atoms with Gasteiger partial charge in [-0.1, -0.05) is 46.8 Å². The molecule has 34 heavy (non-hydrogen) atoms. The van der Waals surface area contributed by atoms with Gasteiger partial charge in [-0.25, -0.2) is 0 Å². The van der Waals surface area contributed by atoms with Gasteiger partial charge in [0.05, 0.1) is 0 Å². The van der Waals surface area contributed by atoms with Crippen LogP contribution in [-0.4, -0.2) is 11.8 Å². The molecule has 0 aliphatic heterocycles. The zero-order valence-electron chi connectivity index (χ0n) is 22.9. The number of allylic oxidation sites excluding steroid dienone is 1. The van der Waals surface area contributed by atoms with Gasteiger partial charge in [0.2, 0.25) is 0 Å². The standard InChI is InChI=1S/C30H46O3.K/c1-18(2)19-10-15-30(25(32)33)17-16-28(6)20(24(19)30)8-9-22-27(5)13-12-23(31)26(3,4)21(27)11-14-29(22,28)7;/h19-22,24H,1,8-17H2,2-7H3,(H,32,33);/q;+1/p-1/t19?,20-,21?,22-,24?,27+,28-,29-,30+;/m1./s1. The van der Waals surface area contributed by atoms with Crippen LogP contribution in [0.1, 0.15) is 106 Å². The number of hydrogen-bond acceptors (Lipinski definition) is 3. The van der Waals surface area contributed by atoms with Crippen LogP contribution in [0.15, 0.2) is 12.2 Å². The molecule has 0 aromatic rings. The molecule has 0 spiro atoms. The number of carbonyl (C=O) groups excluding carboxylic acids is 2. The molecule has 3 nitrogen and oxygen atoms in total. The van der Waals surface area contributed by atoms with Gasteiger partial charge in [0, 0.05) is 23.2 Å². The molecule has 9 atom stereocenters. The maximum Gasteiger partial charge on any atom is 1.00 e. The van der Waals surface area contributed by atoms with Gasteiger partial charge in [-0.15, -0.1) is 0 Å². The van der Waals surface area contributed by atoms with E-state index in [2.05, 4.69) is 48.1 Å². The van der Waals surface area contributed by atoms with Gasteiger partial charge >= 0.3 is 51.4 Å². The van der Waals surface area contributed by atoms with Crippen molar-refractivity contribution in [1.29, 1.82) is 0 Å². The second-order valence-electron chi connectivity index (χ2n) is 14.3. The van der Waals surface area contributed by atoms with Crippen LogP contribution >= 0.6 is 0 Å². The van der Waals surface area contributed by atoms with Gasteiger partial charge in [-0.2, -0.15) is 0 Å². The van der Waals surface area contributed by atoms with Crippen molar-refractivity contribution >= 4 is 11.8 Å². The topological polar surface area (TPSA) is 57.2 Å². The van der Waals surface area contributed by atoms with Crippen LogP contribution in [0.3, 0.4) is 0 Å². The minimum Gasteiger partial charge on any atom is -0.550 e. The molecule has 0 saturated heterocycles. The predicted octanol–water partition coefficient (Wildman–Crippen LogP) is 2.97. The number of carboxylic acids is 1. The summed E-state index contributed by atoms with van der Waals surface area (Å²) in [4.78, 5) is 25.5. The molecule has 0 bridgehead atoms. The van der Waals surface area contributed by atoms with E-state index in [1.54, 1.807) is 0 Å². The molecule has 0 radical (unpaired) electrons. The first-order valence-corrected chi connectivity index (χ1v) is 13.7. The largest absolute Gasteiger partial charge is 1.00 e. The molecule has 0 aromatic carbocycles. The zero-order valence-corrected chi connectivity index (χ0v) is 26.0. The smallest absolute Gasteiger partial charge is 0.550 e. The van der Waals surface area contributed by atoms with Gasteiger partial charge in [-0.3, -0.25) is 4.79 Å². The fourth-order valence-corrected chi connectivity index (χ4v) is 11.3. The van der Waals surface area contributed by atoms with E-state index >= 15 is 0 Å². The second kappa shape index (κ2) is 8.51. The minimum absolute atomic E-state index is 0. The summed E-state index contributed by atoms with van der Waals surface area (Å²) in [5.41, 5.74) is 0.819. The van der Waals surface area contributed by atoms with E-state index in [1.165, 1.54) is 18.4 Å². The van der Waals surface area contributed by atoms with E-state index in [0.717, 1.165) is 51.4 Å². The summed E-state index contributed by atoms with van der Waals surface area (Å²) < 4.78 is 0. The molecule has 184 valence electrons. The zero-order chi connectivity index (χ0) is 24.2. The molecule has 0 heterocycles. The van der Waals surface area contributed by atoms with Crippen molar-refractivity contribution in [2.45, 2.75) is 106 Å². The van der Waals surface area contributed by atoms with Crippen LogP contribution in [0.2, 0.25) is 0 Å². The number of rotatable bonds is 2. The summed E-state index contributed by atoms with van der Waals surface area (Å²) in [7, 11) is 0. The summed E-state index contributed by atoms with van der Waals surface area (Å²) in [5.74, 6) is 1.64. The fraction of sp³-hybridized carbons (Fsp3) is 0.867. The Morgan fingerprint density at radius 3 is 2.18 bits per heavy atom. The van der Waals surface area contributed by atoms with Crippen molar-refractivity contribution in [3.8, 4) is 0 Å². The Labute approximate surface area is 250 Å². The van der Waals surface area contributed by atoms with Crippen LogP contribution in [0.25, 0.3) is 0 Å². The summed E-state index contributed by atoms with van der Waals surface area (Å²) in [5, 5.41) is 12.6. The van der Waals surface area contributed by atoms with Crippen molar-refractivity contribution in [1.82, 2.24) is 0 Å². The van der Waals surface area contributed by atoms with Gasteiger partial charge in [-0.05, 0) is 111 Å². The fourth-order valence-electron chi connectivity index (χ4n) is 11.3. The number of fused-ring (bicyclic) bond motifs is 7. The van der Waals surface area contributed by atoms with E-state index in [4.69, 9.17) is 0 Å². The molecule has 0 amide bonds. The molecule has 0 aromatic heterocycles. The first-order chi connectivity index (χ1) is 15.3. The number of carboxylic acid groups (broad SMARTS) is 1. The molecule has 5 saturated carbocycles. The Morgan fingerprint density at radius 1 is 0.882 bits per heavy atom. The summed E-state index contributed by atoms with van der Waals surface area (Å²) >= 11 is 0. The monoisotopic (exact) mass is 492 g/mol. The van der Waals surface area contributed by atoms with Crippen molar-refractivity contribution < 1.29 is 66.1 Å². The molecular formula is C30H45KO3. The quantitative estimate of drug-likeness (QED) is 0.440. The molecule has 3 unspecified atom stereocenters. The van der Waals surface area contributed by atoms with Crippen LogP contribution in [0.4, 0.5) is 0 Å². The van der Waals surface area contributed by atoms with Gasteiger partial charge < -0.3 is 9.90 Å². The SMILES string of the molecule is C=C(C)C1CC[C@]2(C(=O)[O-])CC[C@]3(C)[C@H](CC[C@@H]4[C@@]5(C)CCC(=O)C(C)(C)C5CC[C@]43C)C12.[K+]. The third-order valence-electron chi connectivity index (χ3n) is 13.2. The average molecular weight is 493 g/mol. The van der Waals surface area contributed by atoms with Crippen LogP contribution in [0, 0.1) is 56.7 Å². The third-order valence-corrected chi connectivity index (χ3v) is 13.2. The van der Waals surface area contributed by atoms with E-state index in [-0.39, 0.29) is 79.0 Å². The molecular weight excluding hydrogens is 447 g/mol. The number of hydrogen-bond donors (Lipinski definition) is 0. The maximum absolute atomic E-state index is 12.9. The Morgan fingerprint density at radius 2 is 1.56 bits per heavy atom. The second-order valence-corrected chi connectivity index (χ2v) is 14.3. The molecule has 4 heteroatoms. The van der Waals surface area contributed by atoms with Gasteiger partial charge in [0.25, 0.3) is 0 Å². The molecule has 5 aliphatic carbocycles. The molecule has 5 fully saturated rings. The Hall–Kier alpha value is 0.516. The average Bonchev–Trinajstić information content (AvgIpc) is 3.13. The Bertz CT molecular complexity index is 909. The first kappa shape index (κ1) is 27.5. The number of Topliss-reactive ketones (excluding diaryl/α,β-unsaturated/α-hetero) is 1.